The average Bonchev–Trinajstić information content (AvgIpc) is 2.55. The molecule has 1 aromatic carbocycles. The normalized spacial score (nSPS) is 16.6. The van der Waals surface area contributed by atoms with Crippen molar-refractivity contribution < 1.29 is 4.74 Å². The molecule has 1 fully saturated rings. The number of unbranched alkanes of at least 4 members (excludes halogenated alkanes) is 1. The molecule has 0 radical (unpaired) electrons. The monoisotopic (exact) mass is 287 g/mol. The van der Waals surface area contributed by atoms with Crippen LogP contribution in [0.1, 0.15) is 18.4 Å². The Bertz CT molecular complexity index is 444. The van der Waals surface area contributed by atoms with E-state index in [2.05, 4.69) is 28.0 Å². The Kier molecular flexibility index (Phi) is 6.52. The van der Waals surface area contributed by atoms with Crippen LogP contribution < -0.4 is 4.74 Å². The van der Waals surface area contributed by atoms with Crippen LogP contribution in [0.3, 0.4) is 0 Å². The summed E-state index contributed by atoms with van der Waals surface area (Å²) < 4.78 is 5.18. The second-order valence-electron chi connectivity index (χ2n) is 5.54. The molecule has 2 rings (SSSR count). The van der Waals surface area contributed by atoms with Crippen LogP contribution in [0.5, 0.6) is 5.75 Å². The Hall–Kier alpha value is -1.57. The van der Waals surface area contributed by atoms with Crippen LogP contribution in [0.2, 0.25) is 0 Å². The van der Waals surface area contributed by atoms with Gasteiger partial charge in [0.25, 0.3) is 0 Å². The molecule has 0 aliphatic carbocycles. The summed E-state index contributed by atoms with van der Waals surface area (Å²) in [6.45, 7) is 6.74. The summed E-state index contributed by atoms with van der Waals surface area (Å²) in [5.74, 6) is 0.921. The molecule has 1 aliphatic rings. The van der Waals surface area contributed by atoms with Crippen molar-refractivity contribution in [2.75, 3.05) is 46.4 Å². The molecule has 1 aliphatic heterocycles. The van der Waals surface area contributed by atoms with Crippen molar-refractivity contribution in [1.29, 1.82) is 5.26 Å². The lowest BCUT2D eigenvalue weighted by atomic mass is 10.1. The van der Waals surface area contributed by atoms with E-state index < -0.39 is 0 Å². The Morgan fingerprint density at radius 2 is 1.67 bits per heavy atom. The van der Waals surface area contributed by atoms with Crippen molar-refractivity contribution in [3.63, 3.8) is 0 Å². The first-order chi connectivity index (χ1) is 10.3. The molecular weight excluding hydrogens is 262 g/mol. The minimum absolute atomic E-state index is 0.678. The molecule has 114 valence electrons. The summed E-state index contributed by atoms with van der Waals surface area (Å²) in [6, 6.07) is 10.6. The number of rotatable bonds is 7. The van der Waals surface area contributed by atoms with Crippen molar-refractivity contribution in [3.05, 3.63) is 29.8 Å². The number of nitriles is 1. The van der Waals surface area contributed by atoms with Gasteiger partial charge in [-0.2, -0.15) is 5.26 Å². The van der Waals surface area contributed by atoms with Crippen molar-refractivity contribution >= 4 is 0 Å². The number of nitrogens with zero attached hydrogens (tertiary/aromatic N) is 3. The third kappa shape index (κ3) is 5.37. The summed E-state index contributed by atoms with van der Waals surface area (Å²) in [6.07, 6.45) is 2.78. The molecule has 1 aromatic rings. The van der Waals surface area contributed by atoms with Gasteiger partial charge in [0, 0.05) is 39.1 Å². The molecule has 21 heavy (non-hydrogen) atoms. The van der Waals surface area contributed by atoms with E-state index in [0.717, 1.165) is 57.9 Å². The molecule has 0 unspecified atom stereocenters. The van der Waals surface area contributed by atoms with Gasteiger partial charge in [0.1, 0.15) is 5.75 Å². The van der Waals surface area contributed by atoms with E-state index in [9.17, 15) is 0 Å². The predicted octanol–water partition coefficient (Wildman–Crippen LogP) is 2.16. The fourth-order valence-electron chi connectivity index (χ4n) is 2.70. The van der Waals surface area contributed by atoms with Gasteiger partial charge in [-0.25, -0.2) is 0 Å². The van der Waals surface area contributed by atoms with Gasteiger partial charge in [-0.1, -0.05) is 12.1 Å². The Morgan fingerprint density at radius 3 is 2.24 bits per heavy atom. The summed E-state index contributed by atoms with van der Waals surface area (Å²) in [4.78, 5) is 5.01. The lowest BCUT2D eigenvalue weighted by Crippen LogP contribution is -2.47. The number of methoxy groups -OCH3 is 1. The van der Waals surface area contributed by atoms with Crippen molar-refractivity contribution in [1.82, 2.24) is 9.80 Å². The number of hydrogen-bond donors (Lipinski definition) is 0. The molecule has 0 atom stereocenters. The standard InChI is InChI=1S/C17H25N3O/c1-21-17-6-4-16(5-7-17)8-11-20-14-12-19(13-15-20)10-3-2-9-18/h4-7H,2-3,8,10-15H2,1H3. The van der Waals surface area contributed by atoms with Crippen LogP contribution in [-0.2, 0) is 6.42 Å². The van der Waals surface area contributed by atoms with Crippen LogP contribution in [-0.4, -0.2) is 56.2 Å². The molecule has 0 amide bonds. The van der Waals surface area contributed by atoms with Crippen LogP contribution in [0.4, 0.5) is 0 Å². The van der Waals surface area contributed by atoms with E-state index in [1.807, 2.05) is 12.1 Å². The van der Waals surface area contributed by atoms with E-state index in [4.69, 9.17) is 10.00 Å². The van der Waals surface area contributed by atoms with E-state index >= 15 is 0 Å². The maximum absolute atomic E-state index is 8.56. The lowest BCUT2D eigenvalue weighted by molar-refractivity contribution is 0.133. The first-order valence-corrected chi connectivity index (χ1v) is 7.76. The molecule has 0 saturated carbocycles. The Labute approximate surface area is 127 Å². The largest absolute Gasteiger partial charge is 0.497 e. The van der Waals surface area contributed by atoms with Gasteiger partial charge in [0.05, 0.1) is 13.2 Å². The van der Waals surface area contributed by atoms with E-state index in [1.165, 1.54) is 5.56 Å². The predicted molar refractivity (Wildman–Crippen MR) is 84.4 cm³/mol. The minimum atomic E-state index is 0.678. The minimum Gasteiger partial charge on any atom is -0.497 e. The summed E-state index contributed by atoms with van der Waals surface area (Å²) in [5.41, 5.74) is 1.37. The van der Waals surface area contributed by atoms with Gasteiger partial charge in [0.2, 0.25) is 0 Å². The second-order valence-corrected chi connectivity index (χ2v) is 5.54. The zero-order chi connectivity index (χ0) is 14.9. The van der Waals surface area contributed by atoms with Gasteiger partial charge < -0.3 is 14.5 Å². The molecule has 0 bridgehead atoms. The first kappa shape index (κ1) is 15.8. The molecular formula is C17H25N3O. The third-order valence-electron chi connectivity index (χ3n) is 4.10. The van der Waals surface area contributed by atoms with Gasteiger partial charge >= 0.3 is 0 Å². The molecule has 0 aromatic heterocycles. The summed E-state index contributed by atoms with van der Waals surface area (Å²) >= 11 is 0. The topological polar surface area (TPSA) is 39.5 Å². The Morgan fingerprint density at radius 1 is 1.05 bits per heavy atom. The smallest absolute Gasteiger partial charge is 0.118 e. The van der Waals surface area contributed by atoms with Gasteiger partial charge in [-0.05, 0) is 37.1 Å². The number of piperazine rings is 1. The molecule has 1 heterocycles. The van der Waals surface area contributed by atoms with Crippen LogP contribution in [0.25, 0.3) is 0 Å². The van der Waals surface area contributed by atoms with E-state index in [-0.39, 0.29) is 0 Å². The highest BCUT2D eigenvalue weighted by Gasteiger charge is 2.15. The highest BCUT2D eigenvalue weighted by Crippen LogP contribution is 2.12. The zero-order valence-corrected chi connectivity index (χ0v) is 12.9. The third-order valence-corrected chi connectivity index (χ3v) is 4.10. The summed E-state index contributed by atoms with van der Waals surface area (Å²) in [5, 5.41) is 8.56. The van der Waals surface area contributed by atoms with Gasteiger partial charge in [-0.3, -0.25) is 0 Å². The van der Waals surface area contributed by atoms with E-state index in [1.54, 1.807) is 7.11 Å². The number of benzene rings is 1. The SMILES string of the molecule is COc1ccc(CCN2CCN(CCCC#N)CC2)cc1. The van der Waals surface area contributed by atoms with Crippen LogP contribution in [0, 0.1) is 11.3 Å². The fourth-order valence-corrected chi connectivity index (χ4v) is 2.70. The van der Waals surface area contributed by atoms with E-state index in [0.29, 0.717) is 6.42 Å². The van der Waals surface area contributed by atoms with Gasteiger partial charge in [0.15, 0.2) is 0 Å². The molecule has 1 saturated heterocycles. The molecule has 0 spiro atoms. The average molecular weight is 287 g/mol. The molecule has 0 N–H and O–H groups in total. The van der Waals surface area contributed by atoms with Gasteiger partial charge in [-0.15, -0.1) is 0 Å². The maximum Gasteiger partial charge on any atom is 0.118 e. The molecule has 4 heteroatoms. The summed E-state index contributed by atoms with van der Waals surface area (Å²) in [7, 11) is 1.70. The quantitative estimate of drug-likeness (QED) is 0.721. The lowest BCUT2D eigenvalue weighted by Gasteiger charge is -2.34. The van der Waals surface area contributed by atoms with Crippen LogP contribution >= 0.6 is 0 Å². The van der Waals surface area contributed by atoms with Crippen LogP contribution in [0.15, 0.2) is 24.3 Å². The Balaban J connectivity index is 1.65. The van der Waals surface area contributed by atoms with Crippen molar-refractivity contribution in [3.8, 4) is 11.8 Å². The highest BCUT2D eigenvalue weighted by atomic mass is 16.5. The fraction of sp³-hybridized carbons (Fsp3) is 0.588. The highest BCUT2D eigenvalue weighted by molar-refractivity contribution is 5.27. The van der Waals surface area contributed by atoms with Crippen molar-refractivity contribution in [2.24, 2.45) is 0 Å². The second kappa shape index (κ2) is 8.66. The number of ether oxygens (including phenoxy) is 1. The number of hydrogen-bond acceptors (Lipinski definition) is 4. The maximum atomic E-state index is 8.56. The van der Waals surface area contributed by atoms with Crippen molar-refractivity contribution in [2.45, 2.75) is 19.3 Å². The molecule has 4 nitrogen and oxygen atoms in total. The first-order valence-electron chi connectivity index (χ1n) is 7.76. The zero-order valence-electron chi connectivity index (χ0n) is 12.9.